The summed E-state index contributed by atoms with van der Waals surface area (Å²) < 4.78 is 6.08. The second-order valence-electron chi connectivity index (χ2n) is 4.08. The van der Waals surface area contributed by atoms with Gasteiger partial charge in [-0.15, -0.1) is 6.58 Å². The minimum Gasteiger partial charge on any atom is -0.383 e. The molecule has 0 atom stereocenters. The number of aromatic nitrogens is 2. The number of ether oxygens (including phenoxy) is 1. The van der Waals surface area contributed by atoms with Crippen molar-refractivity contribution in [2.24, 2.45) is 0 Å². The average Bonchev–Trinajstić information content (AvgIpc) is 2.42. The van der Waals surface area contributed by atoms with Crippen molar-refractivity contribution in [1.82, 2.24) is 9.97 Å². The Labute approximate surface area is 121 Å². The van der Waals surface area contributed by atoms with Crippen molar-refractivity contribution in [2.75, 3.05) is 31.7 Å². The highest BCUT2D eigenvalue weighted by molar-refractivity contribution is 9.10. The molecule has 0 N–H and O–H groups in total. The number of methoxy groups -OCH3 is 1. The SMILES string of the molecule is C=CCN(CCOC)c1ccnc2cc(Br)cnc12. The predicted molar refractivity (Wildman–Crippen MR) is 81.5 cm³/mol. The van der Waals surface area contributed by atoms with Crippen LogP contribution in [0.5, 0.6) is 0 Å². The van der Waals surface area contributed by atoms with E-state index in [0.29, 0.717) is 6.61 Å². The molecule has 19 heavy (non-hydrogen) atoms. The minimum absolute atomic E-state index is 0.661. The lowest BCUT2D eigenvalue weighted by Crippen LogP contribution is -2.27. The van der Waals surface area contributed by atoms with Crippen LogP contribution in [0.2, 0.25) is 0 Å². The summed E-state index contributed by atoms with van der Waals surface area (Å²) in [7, 11) is 1.70. The van der Waals surface area contributed by atoms with E-state index in [0.717, 1.165) is 34.3 Å². The van der Waals surface area contributed by atoms with Crippen molar-refractivity contribution in [1.29, 1.82) is 0 Å². The molecule has 0 fully saturated rings. The lowest BCUT2D eigenvalue weighted by atomic mass is 10.2. The van der Waals surface area contributed by atoms with Gasteiger partial charge in [-0.1, -0.05) is 6.08 Å². The summed E-state index contributed by atoms with van der Waals surface area (Å²) in [5.41, 5.74) is 2.82. The molecule has 5 heteroatoms. The van der Waals surface area contributed by atoms with Gasteiger partial charge in [0.1, 0.15) is 5.52 Å². The molecule has 0 unspecified atom stereocenters. The van der Waals surface area contributed by atoms with E-state index < -0.39 is 0 Å². The molecule has 2 aromatic rings. The van der Waals surface area contributed by atoms with Crippen molar-refractivity contribution >= 4 is 32.7 Å². The Bertz CT molecular complexity index is 574. The van der Waals surface area contributed by atoms with Crippen LogP contribution in [0.25, 0.3) is 11.0 Å². The normalized spacial score (nSPS) is 10.6. The molecule has 100 valence electrons. The molecule has 0 amide bonds. The summed E-state index contributed by atoms with van der Waals surface area (Å²) in [5.74, 6) is 0. The van der Waals surface area contributed by atoms with E-state index in [-0.39, 0.29) is 0 Å². The van der Waals surface area contributed by atoms with Crippen molar-refractivity contribution in [3.8, 4) is 0 Å². The molecule has 2 heterocycles. The van der Waals surface area contributed by atoms with Gasteiger partial charge >= 0.3 is 0 Å². The molecule has 4 nitrogen and oxygen atoms in total. The second-order valence-corrected chi connectivity index (χ2v) is 4.99. The van der Waals surface area contributed by atoms with Gasteiger partial charge in [0.2, 0.25) is 0 Å². The maximum absolute atomic E-state index is 5.15. The van der Waals surface area contributed by atoms with Crippen LogP contribution in [0.3, 0.4) is 0 Å². The average molecular weight is 322 g/mol. The summed E-state index contributed by atoms with van der Waals surface area (Å²) in [6.07, 6.45) is 5.46. The van der Waals surface area contributed by atoms with Gasteiger partial charge in [-0.25, -0.2) is 0 Å². The molecule has 0 saturated carbocycles. The van der Waals surface area contributed by atoms with E-state index in [1.807, 2.05) is 18.2 Å². The first-order chi connectivity index (χ1) is 9.26. The Morgan fingerprint density at radius 3 is 3.05 bits per heavy atom. The maximum atomic E-state index is 5.15. The first-order valence-corrected chi connectivity index (χ1v) is 6.80. The Hall–Kier alpha value is -1.46. The third kappa shape index (κ3) is 3.30. The lowest BCUT2D eigenvalue weighted by Gasteiger charge is -2.23. The maximum Gasteiger partial charge on any atom is 0.112 e. The summed E-state index contributed by atoms with van der Waals surface area (Å²) >= 11 is 3.41. The monoisotopic (exact) mass is 321 g/mol. The molecule has 0 spiro atoms. The highest BCUT2D eigenvalue weighted by Gasteiger charge is 2.10. The molecule has 2 rings (SSSR count). The van der Waals surface area contributed by atoms with Gasteiger partial charge in [0.25, 0.3) is 0 Å². The summed E-state index contributed by atoms with van der Waals surface area (Å²) in [5, 5.41) is 0. The number of halogens is 1. The van der Waals surface area contributed by atoms with E-state index in [2.05, 4.69) is 37.4 Å². The van der Waals surface area contributed by atoms with E-state index in [4.69, 9.17) is 4.74 Å². The van der Waals surface area contributed by atoms with Crippen molar-refractivity contribution in [3.63, 3.8) is 0 Å². The zero-order valence-electron chi connectivity index (χ0n) is 10.8. The topological polar surface area (TPSA) is 38.2 Å². The van der Waals surface area contributed by atoms with Gasteiger partial charge in [0, 0.05) is 37.1 Å². The van der Waals surface area contributed by atoms with E-state index in [1.165, 1.54) is 0 Å². The fourth-order valence-electron chi connectivity index (χ4n) is 1.91. The standard InChI is InChI=1S/C14H16BrN3O/c1-3-6-18(7-8-19-2)13-4-5-16-12-9-11(15)10-17-14(12)13/h3-5,9-10H,1,6-8H2,2H3. The number of nitrogens with zero attached hydrogens (tertiary/aromatic N) is 3. The molecular weight excluding hydrogens is 306 g/mol. The van der Waals surface area contributed by atoms with Crippen LogP contribution in [-0.2, 0) is 4.74 Å². The van der Waals surface area contributed by atoms with Gasteiger partial charge in [-0.3, -0.25) is 9.97 Å². The van der Waals surface area contributed by atoms with E-state index >= 15 is 0 Å². The molecule has 0 radical (unpaired) electrons. The largest absolute Gasteiger partial charge is 0.383 e. The number of hydrogen-bond donors (Lipinski definition) is 0. The van der Waals surface area contributed by atoms with Crippen LogP contribution < -0.4 is 4.90 Å². The van der Waals surface area contributed by atoms with Crippen LogP contribution in [0.15, 0.2) is 41.7 Å². The number of anilines is 1. The predicted octanol–water partition coefficient (Wildman–Crippen LogP) is 3.03. The molecule has 0 aliphatic rings. The zero-order valence-corrected chi connectivity index (χ0v) is 12.4. The van der Waals surface area contributed by atoms with Crippen molar-refractivity contribution in [2.45, 2.75) is 0 Å². The molecule has 0 aliphatic heterocycles. The molecule has 0 bridgehead atoms. The molecule has 0 aliphatic carbocycles. The van der Waals surface area contributed by atoms with Crippen molar-refractivity contribution in [3.05, 3.63) is 41.7 Å². The fourth-order valence-corrected chi connectivity index (χ4v) is 2.23. The highest BCUT2D eigenvalue weighted by Crippen LogP contribution is 2.25. The van der Waals surface area contributed by atoms with Gasteiger partial charge < -0.3 is 9.64 Å². The van der Waals surface area contributed by atoms with Crippen LogP contribution in [0.4, 0.5) is 5.69 Å². The van der Waals surface area contributed by atoms with Gasteiger partial charge in [0.05, 0.1) is 17.8 Å². The van der Waals surface area contributed by atoms with E-state index in [9.17, 15) is 0 Å². The quantitative estimate of drug-likeness (QED) is 0.766. The summed E-state index contributed by atoms with van der Waals surface area (Å²) in [4.78, 5) is 11.0. The van der Waals surface area contributed by atoms with Crippen LogP contribution in [-0.4, -0.2) is 36.8 Å². The Morgan fingerprint density at radius 1 is 1.47 bits per heavy atom. The molecular formula is C14H16BrN3O. The molecule has 0 saturated heterocycles. The third-order valence-electron chi connectivity index (χ3n) is 2.78. The van der Waals surface area contributed by atoms with E-state index in [1.54, 1.807) is 19.5 Å². The van der Waals surface area contributed by atoms with Crippen LogP contribution >= 0.6 is 15.9 Å². The molecule has 0 aromatic carbocycles. The zero-order chi connectivity index (χ0) is 13.7. The van der Waals surface area contributed by atoms with Crippen LogP contribution in [0, 0.1) is 0 Å². The molecule has 2 aromatic heterocycles. The second kappa shape index (κ2) is 6.63. The van der Waals surface area contributed by atoms with Gasteiger partial charge in [-0.05, 0) is 28.1 Å². The number of rotatable bonds is 6. The lowest BCUT2D eigenvalue weighted by molar-refractivity contribution is 0.206. The summed E-state index contributed by atoms with van der Waals surface area (Å²) in [6, 6.07) is 3.94. The number of fused-ring (bicyclic) bond motifs is 1. The van der Waals surface area contributed by atoms with Crippen molar-refractivity contribution < 1.29 is 4.74 Å². The van der Waals surface area contributed by atoms with Crippen LogP contribution in [0.1, 0.15) is 0 Å². The third-order valence-corrected chi connectivity index (χ3v) is 3.21. The Morgan fingerprint density at radius 2 is 2.32 bits per heavy atom. The smallest absolute Gasteiger partial charge is 0.112 e. The van der Waals surface area contributed by atoms with Gasteiger partial charge in [-0.2, -0.15) is 0 Å². The fraction of sp³-hybridized carbons (Fsp3) is 0.286. The number of pyridine rings is 2. The van der Waals surface area contributed by atoms with Gasteiger partial charge in [0.15, 0.2) is 0 Å². The summed E-state index contributed by atoms with van der Waals surface area (Å²) in [6.45, 7) is 6.00. The highest BCUT2D eigenvalue weighted by atomic mass is 79.9. The minimum atomic E-state index is 0.661. The Balaban J connectivity index is 2.43. The Kier molecular flexibility index (Phi) is 4.87. The number of hydrogen-bond acceptors (Lipinski definition) is 4. The first kappa shape index (κ1) is 14.0. The first-order valence-electron chi connectivity index (χ1n) is 6.01.